The van der Waals surface area contributed by atoms with Crippen LogP contribution in [0.4, 0.5) is 0 Å². The molecule has 0 aliphatic heterocycles. The molecule has 4 nitrogen and oxygen atoms in total. The molecule has 4 aromatic rings. The monoisotopic (exact) mass is 380 g/mol. The number of amides is 1. The van der Waals surface area contributed by atoms with Crippen molar-refractivity contribution in [2.75, 3.05) is 0 Å². The number of aromatic nitrogens is 1. The SMILES string of the molecule is O=C(/C=C/c1nc2ccccc2s1)N(Cc1ccco1)Cc1cccs1. The van der Waals surface area contributed by atoms with Gasteiger partial charge in [0.15, 0.2) is 0 Å². The molecule has 1 amide bonds. The summed E-state index contributed by atoms with van der Waals surface area (Å²) in [5, 5.41) is 2.84. The molecule has 3 aromatic heterocycles. The zero-order valence-electron chi connectivity index (χ0n) is 13.9. The maximum atomic E-state index is 12.8. The van der Waals surface area contributed by atoms with Crippen molar-refractivity contribution in [1.82, 2.24) is 9.88 Å². The van der Waals surface area contributed by atoms with Crippen LogP contribution < -0.4 is 0 Å². The van der Waals surface area contributed by atoms with Crippen LogP contribution >= 0.6 is 22.7 Å². The Morgan fingerprint density at radius 2 is 2.04 bits per heavy atom. The summed E-state index contributed by atoms with van der Waals surface area (Å²) < 4.78 is 6.53. The van der Waals surface area contributed by atoms with Gasteiger partial charge in [-0.1, -0.05) is 18.2 Å². The maximum absolute atomic E-state index is 12.8. The lowest BCUT2D eigenvalue weighted by Crippen LogP contribution is -2.27. The van der Waals surface area contributed by atoms with E-state index < -0.39 is 0 Å². The fourth-order valence-electron chi connectivity index (χ4n) is 2.60. The molecule has 0 spiro atoms. The van der Waals surface area contributed by atoms with Crippen LogP contribution in [0, 0.1) is 0 Å². The molecule has 0 saturated heterocycles. The summed E-state index contributed by atoms with van der Waals surface area (Å²) in [6, 6.07) is 15.7. The molecule has 0 N–H and O–H groups in total. The number of fused-ring (bicyclic) bond motifs is 1. The lowest BCUT2D eigenvalue weighted by atomic mass is 10.3. The maximum Gasteiger partial charge on any atom is 0.247 e. The molecule has 0 aliphatic carbocycles. The molecule has 0 bridgehead atoms. The van der Waals surface area contributed by atoms with E-state index in [-0.39, 0.29) is 5.91 Å². The predicted molar refractivity (Wildman–Crippen MR) is 106 cm³/mol. The third kappa shape index (κ3) is 3.92. The van der Waals surface area contributed by atoms with E-state index in [1.807, 2.05) is 53.9 Å². The first-order chi connectivity index (χ1) is 12.8. The number of thiophene rings is 1. The van der Waals surface area contributed by atoms with E-state index in [2.05, 4.69) is 4.98 Å². The molecule has 0 atom stereocenters. The van der Waals surface area contributed by atoms with E-state index in [1.165, 1.54) is 0 Å². The van der Waals surface area contributed by atoms with Gasteiger partial charge in [0.05, 0.1) is 29.6 Å². The highest BCUT2D eigenvalue weighted by Gasteiger charge is 2.14. The van der Waals surface area contributed by atoms with Crippen molar-refractivity contribution < 1.29 is 9.21 Å². The Labute approximate surface area is 159 Å². The summed E-state index contributed by atoms with van der Waals surface area (Å²) >= 11 is 3.22. The Hall–Kier alpha value is -2.70. The number of furan rings is 1. The number of nitrogens with zero attached hydrogens (tertiary/aromatic N) is 2. The smallest absolute Gasteiger partial charge is 0.247 e. The standard InChI is InChI=1S/C20H16N2O2S2/c23-20(10-9-19-21-17-7-1-2-8-18(17)26-19)22(13-15-5-3-11-24-15)14-16-6-4-12-25-16/h1-12H,13-14H2/b10-9+. The lowest BCUT2D eigenvalue weighted by molar-refractivity contribution is -0.127. The van der Waals surface area contributed by atoms with Gasteiger partial charge in [-0.25, -0.2) is 4.98 Å². The van der Waals surface area contributed by atoms with Crippen LogP contribution in [0.15, 0.2) is 70.7 Å². The molecular formula is C20H16N2O2S2. The Balaban J connectivity index is 1.52. The molecule has 0 saturated carbocycles. The number of carbonyl (C=O) groups is 1. The Morgan fingerprint density at radius 1 is 1.12 bits per heavy atom. The van der Waals surface area contributed by atoms with Gasteiger partial charge in [-0.2, -0.15) is 0 Å². The van der Waals surface area contributed by atoms with Crippen LogP contribution in [-0.2, 0) is 17.9 Å². The summed E-state index contributed by atoms with van der Waals surface area (Å²) in [5.74, 6) is 0.706. The van der Waals surface area contributed by atoms with E-state index in [1.54, 1.807) is 46.0 Å². The van der Waals surface area contributed by atoms with E-state index in [0.29, 0.717) is 13.1 Å². The number of thiazole rings is 1. The molecule has 0 fully saturated rings. The van der Waals surface area contributed by atoms with Gasteiger partial charge in [0.2, 0.25) is 5.91 Å². The van der Waals surface area contributed by atoms with E-state index >= 15 is 0 Å². The van der Waals surface area contributed by atoms with Gasteiger partial charge < -0.3 is 9.32 Å². The number of hydrogen-bond acceptors (Lipinski definition) is 5. The molecule has 0 unspecified atom stereocenters. The van der Waals surface area contributed by atoms with Crippen molar-refractivity contribution >= 4 is 44.9 Å². The second-order valence-corrected chi connectivity index (χ2v) is 7.80. The first kappa shape index (κ1) is 16.8. The van der Waals surface area contributed by atoms with Gasteiger partial charge in [0, 0.05) is 11.0 Å². The largest absolute Gasteiger partial charge is 0.467 e. The highest BCUT2D eigenvalue weighted by atomic mass is 32.1. The average molecular weight is 380 g/mol. The molecule has 3 heterocycles. The fraction of sp³-hybridized carbons (Fsp3) is 0.100. The van der Waals surface area contributed by atoms with Gasteiger partial charge in [-0.3, -0.25) is 4.79 Å². The molecule has 130 valence electrons. The number of benzene rings is 1. The van der Waals surface area contributed by atoms with Crippen molar-refractivity contribution in [2.45, 2.75) is 13.1 Å². The Bertz CT molecular complexity index is 948. The quantitative estimate of drug-likeness (QED) is 0.432. The van der Waals surface area contributed by atoms with Crippen molar-refractivity contribution in [3.8, 4) is 0 Å². The Kier molecular flexibility index (Phi) is 4.95. The lowest BCUT2D eigenvalue weighted by Gasteiger charge is -2.19. The predicted octanol–water partition coefficient (Wildman–Crippen LogP) is 5.19. The van der Waals surface area contributed by atoms with E-state index in [0.717, 1.165) is 25.9 Å². The minimum atomic E-state index is -0.0611. The molecule has 1 aromatic carbocycles. The van der Waals surface area contributed by atoms with Crippen LogP contribution in [0.3, 0.4) is 0 Å². The highest BCUT2D eigenvalue weighted by molar-refractivity contribution is 7.19. The van der Waals surface area contributed by atoms with Gasteiger partial charge in [0.25, 0.3) is 0 Å². The van der Waals surface area contributed by atoms with Crippen LogP contribution in [0.5, 0.6) is 0 Å². The van der Waals surface area contributed by atoms with Gasteiger partial charge >= 0.3 is 0 Å². The zero-order valence-corrected chi connectivity index (χ0v) is 15.5. The minimum absolute atomic E-state index is 0.0611. The molecule has 0 aliphatic rings. The van der Waals surface area contributed by atoms with Gasteiger partial charge in [-0.05, 0) is 41.8 Å². The normalized spacial score (nSPS) is 11.4. The second-order valence-electron chi connectivity index (χ2n) is 5.71. The minimum Gasteiger partial charge on any atom is -0.467 e. The second kappa shape index (κ2) is 7.68. The van der Waals surface area contributed by atoms with Crippen molar-refractivity contribution in [3.63, 3.8) is 0 Å². The Morgan fingerprint density at radius 3 is 2.81 bits per heavy atom. The van der Waals surface area contributed by atoms with Crippen LogP contribution in [0.2, 0.25) is 0 Å². The summed E-state index contributed by atoms with van der Waals surface area (Å²) in [7, 11) is 0. The highest BCUT2D eigenvalue weighted by Crippen LogP contribution is 2.22. The van der Waals surface area contributed by atoms with E-state index in [4.69, 9.17) is 4.42 Å². The van der Waals surface area contributed by atoms with Crippen molar-refractivity contribution in [3.05, 3.63) is 81.9 Å². The number of carbonyl (C=O) groups excluding carboxylic acids is 1. The van der Waals surface area contributed by atoms with Gasteiger partial charge in [-0.15, -0.1) is 22.7 Å². The topological polar surface area (TPSA) is 46.3 Å². The van der Waals surface area contributed by atoms with Crippen LogP contribution in [0.1, 0.15) is 15.6 Å². The summed E-state index contributed by atoms with van der Waals surface area (Å²) in [5.41, 5.74) is 0.954. The van der Waals surface area contributed by atoms with Crippen molar-refractivity contribution in [2.24, 2.45) is 0 Å². The molecule has 0 radical (unpaired) electrons. The third-order valence-corrected chi connectivity index (χ3v) is 5.71. The molecule has 6 heteroatoms. The van der Waals surface area contributed by atoms with Crippen LogP contribution in [-0.4, -0.2) is 15.8 Å². The average Bonchev–Trinajstić information content (AvgIpc) is 3.40. The zero-order chi connectivity index (χ0) is 17.8. The van der Waals surface area contributed by atoms with Crippen molar-refractivity contribution in [1.29, 1.82) is 0 Å². The number of para-hydroxylation sites is 1. The molecule has 26 heavy (non-hydrogen) atoms. The summed E-state index contributed by atoms with van der Waals surface area (Å²) in [6.07, 6.45) is 5.00. The first-order valence-electron chi connectivity index (χ1n) is 8.15. The third-order valence-electron chi connectivity index (χ3n) is 3.84. The summed E-state index contributed by atoms with van der Waals surface area (Å²) in [4.78, 5) is 20.2. The number of rotatable bonds is 6. The molecule has 4 rings (SSSR count). The van der Waals surface area contributed by atoms with Crippen LogP contribution in [0.25, 0.3) is 16.3 Å². The molecular weight excluding hydrogens is 364 g/mol. The number of hydrogen-bond donors (Lipinski definition) is 0. The fourth-order valence-corrected chi connectivity index (χ4v) is 4.19. The van der Waals surface area contributed by atoms with E-state index in [9.17, 15) is 4.79 Å². The first-order valence-corrected chi connectivity index (χ1v) is 9.85. The van der Waals surface area contributed by atoms with Gasteiger partial charge in [0.1, 0.15) is 10.8 Å². The summed E-state index contributed by atoms with van der Waals surface area (Å²) in [6.45, 7) is 0.995.